The first-order valence-corrected chi connectivity index (χ1v) is 8.42. The molecule has 1 heterocycles. The van der Waals surface area contributed by atoms with Crippen LogP contribution in [-0.4, -0.2) is 11.8 Å². The van der Waals surface area contributed by atoms with Crippen LogP contribution in [-0.2, 0) is 22.2 Å². The van der Waals surface area contributed by atoms with Gasteiger partial charge in [-0.3, -0.25) is 9.59 Å². The minimum atomic E-state index is -4.53. The number of carbonyl (C=O) groups excluding carboxylic acids is 2. The van der Waals surface area contributed by atoms with Crippen molar-refractivity contribution in [3.05, 3.63) is 70.4 Å². The number of halogens is 4. The van der Waals surface area contributed by atoms with Crippen molar-refractivity contribution in [1.82, 2.24) is 0 Å². The van der Waals surface area contributed by atoms with E-state index in [-0.39, 0.29) is 16.4 Å². The van der Waals surface area contributed by atoms with Crippen molar-refractivity contribution in [3.8, 4) is 0 Å². The molecule has 2 aromatic rings. The van der Waals surface area contributed by atoms with Gasteiger partial charge in [-0.25, -0.2) is 4.90 Å². The lowest BCUT2D eigenvalue weighted by Crippen LogP contribution is -2.32. The molecule has 0 fully saturated rings. The van der Waals surface area contributed by atoms with Crippen molar-refractivity contribution < 1.29 is 22.8 Å². The van der Waals surface area contributed by atoms with Crippen LogP contribution in [0.4, 0.5) is 24.5 Å². The van der Waals surface area contributed by atoms with Gasteiger partial charge in [0.05, 0.1) is 11.3 Å². The zero-order valence-electron chi connectivity index (χ0n) is 14.1. The third-order valence-electron chi connectivity index (χ3n) is 4.09. The second kappa shape index (κ2) is 7.08. The summed E-state index contributed by atoms with van der Waals surface area (Å²) in [7, 11) is 0. The zero-order valence-corrected chi connectivity index (χ0v) is 14.9. The molecule has 1 aliphatic heterocycles. The number of imide groups is 1. The lowest BCUT2D eigenvalue weighted by atomic mass is 10.1. The molecule has 0 spiro atoms. The van der Waals surface area contributed by atoms with Crippen LogP contribution >= 0.6 is 11.6 Å². The summed E-state index contributed by atoms with van der Waals surface area (Å²) < 4.78 is 38.5. The van der Waals surface area contributed by atoms with Crippen LogP contribution in [0.25, 0.3) is 0 Å². The predicted molar refractivity (Wildman–Crippen MR) is 96.3 cm³/mol. The average Bonchev–Trinajstić information content (AvgIpc) is 2.85. The van der Waals surface area contributed by atoms with E-state index in [1.807, 2.05) is 6.92 Å². The van der Waals surface area contributed by atoms with Gasteiger partial charge in [0.25, 0.3) is 11.8 Å². The van der Waals surface area contributed by atoms with Gasteiger partial charge in [0, 0.05) is 5.69 Å². The number of alkyl halides is 3. The molecule has 0 bridgehead atoms. The van der Waals surface area contributed by atoms with E-state index in [1.165, 1.54) is 12.1 Å². The summed E-state index contributed by atoms with van der Waals surface area (Å²) in [6.07, 6.45) is -3.73. The Bertz CT molecular complexity index is 937. The van der Waals surface area contributed by atoms with Crippen LogP contribution in [0.15, 0.2) is 59.3 Å². The Hall–Kier alpha value is -2.80. The molecule has 8 heteroatoms. The maximum absolute atomic E-state index is 12.8. The summed E-state index contributed by atoms with van der Waals surface area (Å²) in [6, 6.07) is 11.1. The summed E-state index contributed by atoms with van der Waals surface area (Å²) in [5.74, 6) is -1.47. The fourth-order valence-electron chi connectivity index (χ4n) is 2.64. The lowest BCUT2D eigenvalue weighted by molar-refractivity contribution is -0.137. The first kappa shape index (κ1) is 19.0. The van der Waals surface area contributed by atoms with Crippen LogP contribution in [0, 0.1) is 0 Å². The van der Waals surface area contributed by atoms with E-state index in [9.17, 15) is 22.8 Å². The highest BCUT2D eigenvalue weighted by Crippen LogP contribution is 2.33. The third-order valence-corrected chi connectivity index (χ3v) is 4.44. The van der Waals surface area contributed by atoms with Crippen LogP contribution in [0.1, 0.15) is 18.1 Å². The molecular weight excluding hydrogens is 381 g/mol. The van der Waals surface area contributed by atoms with Gasteiger partial charge in [-0.15, -0.1) is 0 Å². The summed E-state index contributed by atoms with van der Waals surface area (Å²) in [5.41, 5.74) is 0.219. The van der Waals surface area contributed by atoms with Crippen molar-refractivity contribution >= 4 is 34.8 Å². The number of nitrogens with zero attached hydrogens (tertiary/aromatic N) is 1. The molecule has 0 atom stereocenters. The first-order chi connectivity index (χ1) is 12.7. The van der Waals surface area contributed by atoms with Crippen LogP contribution in [0.3, 0.4) is 0 Å². The van der Waals surface area contributed by atoms with Gasteiger partial charge in [-0.1, -0.05) is 36.7 Å². The van der Waals surface area contributed by atoms with E-state index in [0.29, 0.717) is 5.69 Å². The third kappa shape index (κ3) is 3.68. The number of amides is 2. The van der Waals surface area contributed by atoms with Crippen molar-refractivity contribution in [2.75, 3.05) is 10.2 Å². The molecule has 0 unspecified atom stereocenters. The number of hydrogen-bond donors (Lipinski definition) is 1. The normalized spacial score (nSPS) is 14.9. The number of hydrogen-bond acceptors (Lipinski definition) is 3. The highest BCUT2D eigenvalue weighted by Gasteiger charge is 2.39. The molecule has 0 aliphatic carbocycles. The Morgan fingerprint density at radius 3 is 2.30 bits per heavy atom. The van der Waals surface area contributed by atoms with Gasteiger partial charge in [-0.2, -0.15) is 13.2 Å². The number of aryl methyl sites for hydroxylation is 1. The summed E-state index contributed by atoms with van der Waals surface area (Å²) >= 11 is 5.99. The molecule has 140 valence electrons. The Morgan fingerprint density at radius 1 is 1.04 bits per heavy atom. The van der Waals surface area contributed by atoms with E-state index in [4.69, 9.17) is 11.6 Å². The number of nitrogens with one attached hydrogen (secondary N) is 1. The second-order valence-corrected chi connectivity index (χ2v) is 6.24. The fourth-order valence-corrected chi connectivity index (χ4v) is 2.86. The molecule has 1 N–H and O–H groups in total. The molecule has 2 amide bonds. The molecule has 4 nitrogen and oxygen atoms in total. The van der Waals surface area contributed by atoms with E-state index in [2.05, 4.69) is 5.32 Å². The van der Waals surface area contributed by atoms with Crippen molar-refractivity contribution in [2.24, 2.45) is 0 Å². The second-order valence-electron chi connectivity index (χ2n) is 5.86. The maximum atomic E-state index is 12.8. The van der Waals surface area contributed by atoms with E-state index in [0.717, 1.165) is 29.0 Å². The van der Waals surface area contributed by atoms with E-state index in [1.54, 1.807) is 24.3 Å². The summed E-state index contributed by atoms with van der Waals surface area (Å²) in [5, 5.41) is 2.16. The molecule has 3 rings (SSSR count). The van der Waals surface area contributed by atoms with Gasteiger partial charge in [0.1, 0.15) is 10.7 Å². The fraction of sp³-hybridized carbons (Fsp3) is 0.158. The Labute approximate surface area is 158 Å². The Morgan fingerprint density at radius 2 is 1.70 bits per heavy atom. The molecule has 27 heavy (non-hydrogen) atoms. The largest absolute Gasteiger partial charge is 0.416 e. The van der Waals surface area contributed by atoms with Crippen molar-refractivity contribution in [1.29, 1.82) is 0 Å². The van der Waals surface area contributed by atoms with Crippen LogP contribution < -0.4 is 10.2 Å². The minimum absolute atomic E-state index is 0.00214. The van der Waals surface area contributed by atoms with Gasteiger partial charge in [0.15, 0.2) is 0 Å². The SMILES string of the molecule is CCc1ccc(N2C(=O)C(Cl)=C(Nc3cccc(C(F)(F)F)c3)C2=O)cc1. The number of benzene rings is 2. The monoisotopic (exact) mass is 394 g/mol. The molecule has 0 saturated carbocycles. The Kier molecular flexibility index (Phi) is 4.97. The predicted octanol–water partition coefficient (Wildman–Crippen LogP) is 4.70. The molecule has 0 aromatic heterocycles. The quantitative estimate of drug-likeness (QED) is 0.764. The maximum Gasteiger partial charge on any atom is 0.416 e. The Balaban J connectivity index is 1.88. The molecule has 1 aliphatic rings. The van der Waals surface area contributed by atoms with Crippen molar-refractivity contribution in [2.45, 2.75) is 19.5 Å². The van der Waals surface area contributed by atoms with Gasteiger partial charge in [-0.05, 0) is 42.3 Å². The summed E-state index contributed by atoms with van der Waals surface area (Å²) in [6.45, 7) is 1.97. The van der Waals surface area contributed by atoms with Crippen molar-refractivity contribution in [3.63, 3.8) is 0 Å². The van der Waals surface area contributed by atoms with E-state index >= 15 is 0 Å². The van der Waals surface area contributed by atoms with E-state index < -0.39 is 23.6 Å². The first-order valence-electron chi connectivity index (χ1n) is 8.04. The minimum Gasteiger partial charge on any atom is -0.350 e. The summed E-state index contributed by atoms with van der Waals surface area (Å²) in [4.78, 5) is 25.9. The number of carbonyl (C=O) groups is 2. The number of rotatable bonds is 4. The number of anilines is 2. The molecular formula is C19H14ClF3N2O2. The standard InChI is InChI=1S/C19H14ClF3N2O2/c1-2-11-6-8-14(9-7-11)25-17(26)15(20)16(18(25)27)24-13-5-3-4-12(10-13)19(21,22)23/h3-10,24H,2H2,1H3. The zero-order chi connectivity index (χ0) is 19.8. The highest BCUT2D eigenvalue weighted by atomic mass is 35.5. The van der Waals surface area contributed by atoms with Crippen LogP contribution in [0.2, 0.25) is 0 Å². The van der Waals surface area contributed by atoms with Gasteiger partial charge < -0.3 is 5.32 Å². The highest BCUT2D eigenvalue weighted by molar-refractivity contribution is 6.53. The lowest BCUT2D eigenvalue weighted by Gasteiger charge is -2.16. The smallest absolute Gasteiger partial charge is 0.350 e. The van der Waals surface area contributed by atoms with Gasteiger partial charge >= 0.3 is 6.18 Å². The molecule has 0 radical (unpaired) electrons. The van der Waals surface area contributed by atoms with Crippen LogP contribution in [0.5, 0.6) is 0 Å². The van der Waals surface area contributed by atoms with Gasteiger partial charge in [0.2, 0.25) is 0 Å². The average molecular weight is 395 g/mol. The molecule has 0 saturated heterocycles. The molecule has 2 aromatic carbocycles. The topological polar surface area (TPSA) is 49.4 Å².